The summed E-state index contributed by atoms with van der Waals surface area (Å²) in [4.78, 5) is 24.8. The molecule has 5 nitrogen and oxygen atoms in total. The van der Waals surface area contributed by atoms with Crippen molar-refractivity contribution in [1.29, 1.82) is 0 Å². The molecule has 0 radical (unpaired) electrons. The molecule has 27 heavy (non-hydrogen) atoms. The normalized spacial score (nSPS) is 21.4. The number of ketones is 1. The van der Waals surface area contributed by atoms with E-state index in [4.69, 9.17) is 14.2 Å². The molecule has 1 aromatic carbocycles. The largest absolute Gasteiger partial charge is 0.497 e. The van der Waals surface area contributed by atoms with Crippen LogP contribution in [0.15, 0.2) is 53.3 Å². The van der Waals surface area contributed by atoms with Crippen molar-refractivity contribution in [2.75, 3.05) is 20.3 Å². The van der Waals surface area contributed by atoms with Gasteiger partial charge in [0.2, 0.25) is 0 Å². The van der Waals surface area contributed by atoms with Crippen LogP contribution in [0.3, 0.4) is 0 Å². The fourth-order valence-electron chi connectivity index (χ4n) is 3.20. The Hall–Kier alpha value is -2.82. The van der Waals surface area contributed by atoms with Gasteiger partial charge >= 0.3 is 5.97 Å². The first-order chi connectivity index (χ1) is 13.2. The molecule has 0 fully saturated rings. The van der Waals surface area contributed by atoms with Crippen molar-refractivity contribution in [3.8, 4) is 5.75 Å². The Morgan fingerprint density at radius 3 is 2.89 bits per heavy atom. The lowest BCUT2D eigenvalue weighted by atomic mass is 9.90. The molecule has 0 unspecified atom stereocenters. The van der Waals surface area contributed by atoms with E-state index in [-0.39, 0.29) is 12.2 Å². The number of benzene rings is 1. The van der Waals surface area contributed by atoms with E-state index in [1.165, 1.54) is 7.11 Å². The van der Waals surface area contributed by atoms with Gasteiger partial charge in [0, 0.05) is 30.4 Å². The maximum absolute atomic E-state index is 12.5. The number of Topliss-reactive ketones (excluding diaryl/α,β-unsaturated/α-hetero) is 1. The SMILES string of the molecule is COC(=O)/C1=C/c2cccc(c2)OC/C=C/CCOC2=C(C1)C(=O)CCC2. The van der Waals surface area contributed by atoms with E-state index in [9.17, 15) is 9.59 Å². The fourth-order valence-corrected chi connectivity index (χ4v) is 3.20. The Morgan fingerprint density at radius 1 is 1.15 bits per heavy atom. The quantitative estimate of drug-likeness (QED) is 0.554. The van der Waals surface area contributed by atoms with Gasteiger partial charge < -0.3 is 14.2 Å². The first-order valence-corrected chi connectivity index (χ1v) is 9.22. The van der Waals surface area contributed by atoms with Crippen LogP contribution in [-0.2, 0) is 19.1 Å². The molecule has 2 bridgehead atoms. The van der Waals surface area contributed by atoms with Gasteiger partial charge in [0.05, 0.1) is 13.7 Å². The minimum absolute atomic E-state index is 0.0444. The predicted octanol–water partition coefficient (Wildman–Crippen LogP) is 4.00. The Kier molecular flexibility index (Phi) is 6.47. The van der Waals surface area contributed by atoms with Crippen LogP contribution in [-0.4, -0.2) is 32.1 Å². The van der Waals surface area contributed by atoms with E-state index in [2.05, 4.69) is 0 Å². The van der Waals surface area contributed by atoms with Gasteiger partial charge in [-0.1, -0.05) is 24.3 Å². The summed E-state index contributed by atoms with van der Waals surface area (Å²) >= 11 is 0. The molecule has 0 aromatic heterocycles. The molecule has 0 amide bonds. The summed E-state index contributed by atoms with van der Waals surface area (Å²) in [7, 11) is 1.35. The number of esters is 1. The van der Waals surface area contributed by atoms with Gasteiger partial charge in [-0.15, -0.1) is 0 Å². The first kappa shape index (κ1) is 19.0. The molecule has 142 valence electrons. The number of fused-ring (bicyclic) bond motifs is 2. The summed E-state index contributed by atoms with van der Waals surface area (Å²) in [5.74, 6) is 1.02. The monoisotopic (exact) mass is 368 g/mol. The van der Waals surface area contributed by atoms with E-state index >= 15 is 0 Å². The van der Waals surface area contributed by atoms with Crippen LogP contribution in [0.25, 0.3) is 6.08 Å². The topological polar surface area (TPSA) is 61.8 Å². The fraction of sp³-hybridized carbons (Fsp3) is 0.364. The zero-order valence-electron chi connectivity index (χ0n) is 15.5. The van der Waals surface area contributed by atoms with E-state index in [1.807, 2.05) is 36.4 Å². The standard InChI is InChI=1S/C22H24O5/c1-25-22(24)17-13-16-7-5-8-18(14-16)26-11-3-2-4-12-27-21-10-6-9-20(23)19(21)15-17/h2-3,5,7-8,13-14H,4,6,9-12,15H2,1H3/b3-2+,17-13+. The van der Waals surface area contributed by atoms with E-state index in [0.717, 1.165) is 30.6 Å². The smallest absolute Gasteiger partial charge is 0.334 e. The molecule has 0 spiro atoms. The van der Waals surface area contributed by atoms with E-state index in [0.29, 0.717) is 36.5 Å². The highest BCUT2D eigenvalue weighted by molar-refractivity contribution is 6.01. The summed E-state index contributed by atoms with van der Waals surface area (Å²) in [6.45, 7) is 0.955. The van der Waals surface area contributed by atoms with Crippen molar-refractivity contribution in [2.45, 2.75) is 32.1 Å². The Labute approximate surface area is 159 Å². The third-order valence-electron chi connectivity index (χ3n) is 4.57. The lowest BCUT2D eigenvalue weighted by Gasteiger charge is -2.20. The molecule has 5 heteroatoms. The van der Waals surface area contributed by atoms with Crippen LogP contribution in [0.4, 0.5) is 0 Å². The minimum atomic E-state index is -0.447. The van der Waals surface area contributed by atoms with Gasteiger partial charge in [-0.25, -0.2) is 4.79 Å². The van der Waals surface area contributed by atoms with Crippen molar-refractivity contribution in [3.05, 3.63) is 58.9 Å². The number of carbonyl (C=O) groups is 2. The summed E-state index contributed by atoms with van der Waals surface area (Å²) in [6, 6.07) is 7.50. The number of carbonyl (C=O) groups excluding carboxylic acids is 2. The first-order valence-electron chi connectivity index (χ1n) is 9.22. The molecular weight excluding hydrogens is 344 g/mol. The average molecular weight is 368 g/mol. The zero-order chi connectivity index (χ0) is 19.1. The number of hydrogen-bond donors (Lipinski definition) is 0. The number of hydrogen-bond acceptors (Lipinski definition) is 5. The molecule has 1 aliphatic carbocycles. The molecule has 0 saturated carbocycles. The molecule has 1 aliphatic heterocycles. The third kappa shape index (κ3) is 5.09. The zero-order valence-corrected chi connectivity index (χ0v) is 15.5. The Morgan fingerprint density at radius 2 is 2.04 bits per heavy atom. The van der Waals surface area contributed by atoms with Crippen LogP contribution in [0.2, 0.25) is 0 Å². The van der Waals surface area contributed by atoms with E-state index in [1.54, 1.807) is 6.08 Å². The average Bonchev–Trinajstić information content (AvgIpc) is 2.68. The third-order valence-corrected chi connectivity index (χ3v) is 4.57. The summed E-state index contributed by atoms with van der Waals surface area (Å²) in [6.07, 6.45) is 8.63. The maximum atomic E-state index is 12.5. The van der Waals surface area contributed by atoms with Crippen LogP contribution in [0.1, 0.15) is 37.7 Å². The molecule has 2 aliphatic rings. The van der Waals surface area contributed by atoms with Crippen molar-refractivity contribution < 1.29 is 23.8 Å². The minimum Gasteiger partial charge on any atom is -0.497 e. The van der Waals surface area contributed by atoms with Gasteiger partial charge in [-0.2, -0.15) is 0 Å². The highest BCUT2D eigenvalue weighted by atomic mass is 16.5. The highest BCUT2D eigenvalue weighted by Crippen LogP contribution is 2.29. The van der Waals surface area contributed by atoms with Gasteiger partial charge in [0.15, 0.2) is 5.78 Å². The van der Waals surface area contributed by atoms with Crippen molar-refractivity contribution >= 4 is 17.8 Å². The molecule has 0 saturated heterocycles. The second kappa shape index (κ2) is 9.21. The second-order valence-corrected chi connectivity index (χ2v) is 6.51. The van der Waals surface area contributed by atoms with Crippen LogP contribution in [0, 0.1) is 0 Å². The highest BCUT2D eigenvalue weighted by Gasteiger charge is 2.25. The van der Waals surface area contributed by atoms with Crippen LogP contribution < -0.4 is 4.74 Å². The van der Waals surface area contributed by atoms with Gasteiger partial charge in [0.25, 0.3) is 0 Å². The molecule has 0 N–H and O–H groups in total. The van der Waals surface area contributed by atoms with E-state index < -0.39 is 5.97 Å². The van der Waals surface area contributed by atoms with Gasteiger partial charge in [-0.3, -0.25) is 4.79 Å². The lowest BCUT2D eigenvalue weighted by Crippen LogP contribution is -2.17. The number of allylic oxidation sites excluding steroid dienone is 2. The summed E-state index contributed by atoms with van der Waals surface area (Å²) in [5.41, 5.74) is 1.83. The van der Waals surface area contributed by atoms with Crippen molar-refractivity contribution in [2.24, 2.45) is 0 Å². The Balaban J connectivity index is 2.02. The molecule has 1 aromatic rings. The van der Waals surface area contributed by atoms with Crippen LogP contribution >= 0.6 is 0 Å². The van der Waals surface area contributed by atoms with Crippen molar-refractivity contribution in [3.63, 3.8) is 0 Å². The Bertz CT molecular complexity index is 801. The molecule has 3 rings (SSSR count). The van der Waals surface area contributed by atoms with Gasteiger partial charge in [-0.05, 0) is 36.6 Å². The van der Waals surface area contributed by atoms with Crippen LogP contribution in [0.5, 0.6) is 5.75 Å². The number of methoxy groups -OCH3 is 1. The molecule has 1 heterocycles. The predicted molar refractivity (Wildman–Crippen MR) is 102 cm³/mol. The molecule has 0 atom stereocenters. The summed E-state index contributed by atoms with van der Waals surface area (Å²) < 4.78 is 16.5. The second-order valence-electron chi connectivity index (χ2n) is 6.51. The molecular formula is C22H24O5. The number of rotatable bonds is 1. The summed E-state index contributed by atoms with van der Waals surface area (Å²) in [5, 5.41) is 0. The van der Waals surface area contributed by atoms with Gasteiger partial charge in [0.1, 0.15) is 18.1 Å². The lowest BCUT2D eigenvalue weighted by molar-refractivity contribution is -0.136. The number of ether oxygens (including phenoxy) is 3. The van der Waals surface area contributed by atoms with Crippen molar-refractivity contribution in [1.82, 2.24) is 0 Å². The maximum Gasteiger partial charge on any atom is 0.334 e.